The highest BCUT2D eigenvalue weighted by atomic mass is 16.7. The molecule has 0 bridgehead atoms. The predicted molar refractivity (Wildman–Crippen MR) is 111 cm³/mol. The van der Waals surface area contributed by atoms with Crippen LogP contribution in [0.1, 0.15) is 44.5 Å². The summed E-state index contributed by atoms with van der Waals surface area (Å²) in [7, 11) is 1.63. The van der Waals surface area contributed by atoms with Gasteiger partial charge in [-0.25, -0.2) is 0 Å². The van der Waals surface area contributed by atoms with Crippen molar-refractivity contribution in [3.8, 4) is 0 Å². The summed E-state index contributed by atoms with van der Waals surface area (Å²) in [4.78, 5) is 0. The Hall–Kier alpha value is -1.32. The van der Waals surface area contributed by atoms with Crippen LogP contribution in [0.15, 0.2) is 43.0 Å². The minimum absolute atomic E-state index is 0.160. The maximum atomic E-state index is 10.6. The molecule has 0 aliphatic carbocycles. The summed E-state index contributed by atoms with van der Waals surface area (Å²) in [5, 5.41) is 10.6. The van der Waals surface area contributed by atoms with Crippen molar-refractivity contribution in [3.05, 3.63) is 48.6 Å². The number of ether oxygens (including phenoxy) is 6. The average Bonchev–Trinajstić information content (AvgIpc) is 2.77. The van der Waals surface area contributed by atoms with Crippen LogP contribution in [0.5, 0.6) is 0 Å². The zero-order chi connectivity index (χ0) is 21.6. The smallest absolute Gasteiger partial charge is 0.197 e. The van der Waals surface area contributed by atoms with Crippen molar-refractivity contribution >= 4 is 0 Å². The molecule has 9 atom stereocenters. The fourth-order valence-electron chi connectivity index (χ4n) is 5.39. The van der Waals surface area contributed by atoms with Gasteiger partial charge >= 0.3 is 0 Å². The Morgan fingerprint density at radius 1 is 1.13 bits per heavy atom. The molecule has 0 saturated carbocycles. The molecule has 4 saturated heterocycles. The first kappa shape index (κ1) is 21.5. The number of rotatable bonds is 4. The van der Waals surface area contributed by atoms with Crippen LogP contribution in [0.2, 0.25) is 0 Å². The standard InChI is InChI=1S/C24H32O7/c1-4-8-17-16(25)11-21-24(26-3,31-17)13-19-18(28-21)12-20-23(2,30-19)14-27-22(29-20)15-9-6-5-7-10-15/h4-7,9-10,16-22,25H,1,8,11-14H2,2-3H3/t16-,17+,18-,19+,20+,21+,22-,23-,24-/m1/s1. The van der Waals surface area contributed by atoms with E-state index in [2.05, 4.69) is 6.58 Å². The van der Waals surface area contributed by atoms with Crippen LogP contribution in [0.25, 0.3) is 0 Å². The quantitative estimate of drug-likeness (QED) is 0.734. The minimum atomic E-state index is -0.944. The highest BCUT2D eigenvalue weighted by Crippen LogP contribution is 2.48. The highest BCUT2D eigenvalue weighted by Gasteiger charge is 2.60. The van der Waals surface area contributed by atoms with Gasteiger partial charge < -0.3 is 33.5 Å². The molecule has 1 N–H and O–H groups in total. The van der Waals surface area contributed by atoms with Crippen LogP contribution in [-0.2, 0) is 28.4 Å². The summed E-state index contributed by atoms with van der Waals surface area (Å²) < 4.78 is 37.5. The monoisotopic (exact) mass is 432 g/mol. The molecule has 7 nitrogen and oxygen atoms in total. The molecule has 4 aliphatic rings. The molecule has 7 heteroatoms. The summed E-state index contributed by atoms with van der Waals surface area (Å²) in [6, 6.07) is 9.94. The molecule has 0 amide bonds. The van der Waals surface area contributed by atoms with Crippen LogP contribution in [0.3, 0.4) is 0 Å². The molecule has 0 aromatic heterocycles. The number of methoxy groups -OCH3 is 1. The number of hydrogen-bond donors (Lipinski definition) is 1. The van der Waals surface area contributed by atoms with E-state index in [1.54, 1.807) is 13.2 Å². The minimum Gasteiger partial charge on any atom is -0.390 e. The third-order valence-electron chi connectivity index (χ3n) is 7.14. The van der Waals surface area contributed by atoms with E-state index < -0.39 is 23.8 Å². The van der Waals surface area contributed by atoms with E-state index >= 15 is 0 Å². The number of fused-ring (bicyclic) bond motifs is 3. The molecule has 1 aromatic rings. The van der Waals surface area contributed by atoms with Crippen molar-refractivity contribution < 1.29 is 33.5 Å². The van der Waals surface area contributed by atoms with E-state index in [0.717, 1.165) is 5.56 Å². The summed E-state index contributed by atoms with van der Waals surface area (Å²) >= 11 is 0. The van der Waals surface area contributed by atoms with Crippen LogP contribution >= 0.6 is 0 Å². The molecular weight excluding hydrogens is 400 g/mol. The van der Waals surface area contributed by atoms with Crippen molar-refractivity contribution in [3.63, 3.8) is 0 Å². The van der Waals surface area contributed by atoms with Gasteiger partial charge in [0, 0.05) is 31.9 Å². The van der Waals surface area contributed by atoms with Gasteiger partial charge in [-0.3, -0.25) is 0 Å². The molecule has 1 aromatic carbocycles. The third kappa shape index (κ3) is 3.76. The average molecular weight is 433 g/mol. The summed E-state index contributed by atoms with van der Waals surface area (Å²) in [6.45, 7) is 6.24. The molecular formula is C24H32O7. The van der Waals surface area contributed by atoms with Gasteiger partial charge in [-0.15, -0.1) is 6.58 Å². The number of hydrogen-bond acceptors (Lipinski definition) is 7. The Morgan fingerprint density at radius 3 is 2.68 bits per heavy atom. The van der Waals surface area contributed by atoms with E-state index in [9.17, 15) is 5.11 Å². The maximum Gasteiger partial charge on any atom is 0.197 e. The largest absolute Gasteiger partial charge is 0.390 e. The number of aliphatic hydroxyl groups excluding tert-OH is 1. The van der Waals surface area contributed by atoms with E-state index in [1.807, 2.05) is 37.3 Å². The lowest BCUT2D eigenvalue weighted by Gasteiger charge is -2.58. The van der Waals surface area contributed by atoms with Crippen molar-refractivity contribution in [1.29, 1.82) is 0 Å². The van der Waals surface area contributed by atoms with Gasteiger partial charge in [0.2, 0.25) is 0 Å². The van der Waals surface area contributed by atoms with Gasteiger partial charge in [-0.1, -0.05) is 36.4 Å². The van der Waals surface area contributed by atoms with Crippen LogP contribution < -0.4 is 0 Å². The zero-order valence-corrected chi connectivity index (χ0v) is 18.1. The van der Waals surface area contributed by atoms with Gasteiger partial charge in [0.1, 0.15) is 11.7 Å². The lowest BCUT2D eigenvalue weighted by atomic mass is 9.80. The van der Waals surface area contributed by atoms with Gasteiger partial charge in [-0.05, 0) is 13.3 Å². The normalized spacial score (nSPS) is 47.0. The summed E-state index contributed by atoms with van der Waals surface area (Å²) in [5.41, 5.74) is 0.415. The van der Waals surface area contributed by atoms with E-state index in [1.165, 1.54) is 0 Å². The second-order valence-electron chi connectivity index (χ2n) is 9.25. The molecule has 170 valence electrons. The van der Waals surface area contributed by atoms with Gasteiger partial charge in [0.05, 0.1) is 37.1 Å². The molecule has 31 heavy (non-hydrogen) atoms. The SMILES string of the molecule is C=CC[C@@H]1O[C@]2(OC)C[C@@H]3O[C@]4(C)CO[C@@H](c5ccccc5)O[C@H]4C[C@H]3O[C@H]2C[C@H]1O. The van der Waals surface area contributed by atoms with Crippen molar-refractivity contribution in [2.75, 3.05) is 13.7 Å². The van der Waals surface area contributed by atoms with Crippen molar-refractivity contribution in [1.82, 2.24) is 0 Å². The second-order valence-corrected chi connectivity index (χ2v) is 9.25. The molecule has 4 fully saturated rings. The van der Waals surface area contributed by atoms with E-state index in [0.29, 0.717) is 32.3 Å². The Balaban J connectivity index is 1.33. The predicted octanol–water partition coefficient (Wildman–Crippen LogP) is 2.87. The van der Waals surface area contributed by atoms with E-state index in [-0.39, 0.29) is 30.5 Å². The first-order chi connectivity index (χ1) is 15.0. The topological polar surface area (TPSA) is 75.6 Å². The molecule has 0 unspecified atom stereocenters. The lowest BCUT2D eigenvalue weighted by molar-refractivity contribution is -0.409. The molecule has 4 aliphatic heterocycles. The lowest BCUT2D eigenvalue weighted by Crippen LogP contribution is -2.69. The Bertz CT molecular complexity index is 787. The summed E-state index contributed by atoms with van der Waals surface area (Å²) in [6.07, 6.45) is 1.67. The number of aliphatic hydroxyl groups is 1. The molecule has 0 radical (unpaired) electrons. The van der Waals surface area contributed by atoms with Crippen molar-refractivity contribution in [2.24, 2.45) is 0 Å². The summed E-state index contributed by atoms with van der Waals surface area (Å²) in [5.74, 6) is -0.944. The van der Waals surface area contributed by atoms with Gasteiger partial charge in [0.25, 0.3) is 0 Å². The van der Waals surface area contributed by atoms with Gasteiger partial charge in [-0.2, -0.15) is 0 Å². The Labute approximate surface area is 183 Å². The van der Waals surface area contributed by atoms with Crippen LogP contribution in [0.4, 0.5) is 0 Å². The van der Waals surface area contributed by atoms with E-state index in [4.69, 9.17) is 28.4 Å². The maximum absolute atomic E-state index is 10.6. The fourth-order valence-corrected chi connectivity index (χ4v) is 5.39. The van der Waals surface area contributed by atoms with Crippen LogP contribution in [-0.4, -0.2) is 66.8 Å². The molecule has 4 heterocycles. The zero-order valence-electron chi connectivity index (χ0n) is 18.1. The highest BCUT2D eigenvalue weighted by molar-refractivity contribution is 5.17. The third-order valence-corrected chi connectivity index (χ3v) is 7.14. The first-order valence-electron chi connectivity index (χ1n) is 11.1. The first-order valence-corrected chi connectivity index (χ1v) is 11.1. The molecule has 5 rings (SSSR count). The number of benzene rings is 1. The Kier molecular flexibility index (Phi) is 5.71. The van der Waals surface area contributed by atoms with Crippen LogP contribution in [0, 0.1) is 0 Å². The second kappa shape index (κ2) is 8.23. The molecule has 0 spiro atoms. The van der Waals surface area contributed by atoms with Crippen molar-refractivity contribution in [2.45, 2.75) is 86.9 Å². The van der Waals surface area contributed by atoms with Gasteiger partial charge in [0.15, 0.2) is 12.1 Å². The Morgan fingerprint density at radius 2 is 1.94 bits per heavy atom. The fraction of sp³-hybridized carbons (Fsp3) is 0.667.